The summed E-state index contributed by atoms with van der Waals surface area (Å²) < 4.78 is 0. The maximum atomic E-state index is 9.73. The fourth-order valence-corrected chi connectivity index (χ4v) is 1.38. The minimum Gasteiger partial charge on any atom is -0.389 e. The normalized spacial score (nSPS) is 13.9. The molecule has 0 bridgehead atoms. The molecule has 1 aromatic carbocycles. The molecule has 15 heavy (non-hydrogen) atoms. The van der Waals surface area contributed by atoms with Crippen LogP contribution in [0, 0.1) is 0 Å². The van der Waals surface area contributed by atoms with Crippen molar-refractivity contribution in [3.05, 3.63) is 34.9 Å². The van der Waals surface area contributed by atoms with Gasteiger partial charge in [0.1, 0.15) is 0 Å². The van der Waals surface area contributed by atoms with Crippen LogP contribution in [0.4, 0.5) is 0 Å². The maximum absolute atomic E-state index is 9.73. The van der Waals surface area contributed by atoms with Gasteiger partial charge in [0.05, 0.1) is 5.60 Å². The summed E-state index contributed by atoms with van der Waals surface area (Å²) in [5.41, 5.74) is 0.414. The van der Waals surface area contributed by atoms with E-state index in [4.69, 9.17) is 11.6 Å². The molecular formula is C12H18ClNO. The SMILES string of the molecule is CC(NCc1cccc(Cl)c1)C(C)(C)O. The average molecular weight is 228 g/mol. The summed E-state index contributed by atoms with van der Waals surface area (Å²) in [5.74, 6) is 0. The molecule has 0 radical (unpaired) electrons. The van der Waals surface area contributed by atoms with Crippen molar-refractivity contribution in [1.82, 2.24) is 5.32 Å². The second kappa shape index (κ2) is 4.97. The van der Waals surface area contributed by atoms with E-state index in [9.17, 15) is 5.11 Å². The summed E-state index contributed by atoms with van der Waals surface area (Å²) in [6, 6.07) is 7.75. The van der Waals surface area contributed by atoms with Gasteiger partial charge in [-0.2, -0.15) is 0 Å². The molecule has 3 heteroatoms. The Hall–Kier alpha value is -0.570. The minimum absolute atomic E-state index is 0.0384. The first-order chi connectivity index (χ1) is 6.89. The zero-order valence-electron chi connectivity index (χ0n) is 9.42. The van der Waals surface area contributed by atoms with E-state index >= 15 is 0 Å². The van der Waals surface area contributed by atoms with Crippen molar-refractivity contribution in [1.29, 1.82) is 0 Å². The summed E-state index contributed by atoms with van der Waals surface area (Å²) in [6.07, 6.45) is 0. The van der Waals surface area contributed by atoms with E-state index in [1.54, 1.807) is 13.8 Å². The summed E-state index contributed by atoms with van der Waals surface area (Å²) >= 11 is 5.87. The molecule has 0 fully saturated rings. The molecule has 1 aromatic rings. The molecule has 84 valence electrons. The number of rotatable bonds is 4. The summed E-state index contributed by atoms with van der Waals surface area (Å²) in [7, 11) is 0. The monoisotopic (exact) mass is 227 g/mol. The molecule has 0 aliphatic carbocycles. The molecule has 0 aliphatic heterocycles. The number of nitrogens with one attached hydrogen (secondary N) is 1. The summed E-state index contributed by atoms with van der Waals surface area (Å²) in [4.78, 5) is 0. The number of halogens is 1. The molecule has 2 N–H and O–H groups in total. The Morgan fingerprint density at radius 2 is 2.13 bits per heavy atom. The van der Waals surface area contributed by atoms with Gasteiger partial charge >= 0.3 is 0 Å². The molecule has 0 saturated heterocycles. The molecule has 1 rings (SSSR count). The summed E-state index contributed by atoms with van der Waals surface area (Å²) in [5, 5.41) is 13.7. The summed E-state index contributed by atoms with van der Waals surface area (Å²) in [6.45, 7) is 6.27. The van der Waals surface area contributed by atoms with Gasteiger partial charge in [-0.25, -0.2) is 0 Å². The highest BCUT2D eigenvalue weighted by molar-refractivity contribution is 6.30. The van der Waals surface area contributed by atoms with E-state index in [2.05, 4.69) is 5.32 Å². The molecule has 1 unspecified atom stereocenters. The molecule has 0 spiro atoms. The third-order valence-electron chi connectivity index (χ3n) is 2.56. The fourth-order valence-electron chi connectivity index (χ4n) is 1.17. The van der Waals surface area contributed by atoms with Crippen molar-refractivity contribution in [2.45, 2.75) is 39.0 Å². The van der Waals surface area contributed by atoms with Gasteiger partial charge in [0.2, 0.25) is 0 Å². The largest absolute Gasteiger partial charge is 0.389 e. The number of hydrogen-bond acceptors (Lipinski definition) is 2. The Bertz CT molecular complexity index is 320. The van der Waals surface area contributed by atoms with Gasteiger partial charge in [-0.1, -0.05) is 23.7 Å². The highest BCUT2D eigenvalue weighted by Gasteiger charge is 2.21. The molecule has 1 atom stereocenters. The van der Waals surface area contributed by atoms with Gasteiger partial charge in [0.25, 0.3) is 0 Å². The van der Waals surface area contributed by atoms with Crippen LogP contribution in [0.3, 0.4) is 0 Å². The zero-order valence-corrected chi connectivity index (χ0v) is 10.2. The lowest BCUT2D eigenvalue weighted by atomic mass is 10.0. The molecule has 0 saturated carbocycles. The average Bonchev–Trinajstić information content (AvgIpc) is 2.12. The number of benzene rings is 1. The van der Waals surface area contributed by atoms with Crippen LogP contribution >= 0.6 is 11.6 Å². The first-order valence-corrected chi connectivity index (χ1v) is 5.47. The maximum Gasteiger partial charge on any atom is 0.0741 e. The Morgan fingerprint density at radius 1 is 1.47 bits per heavy atom. The van der Waals surface area contributed by atoms with Crippen molar-refractivity contribution in [3.63, 3.8) is 0 Å². The standard InChI is InChI=1S/C12H18ClNO/c1-9(12(2,3)15)14-8-10-5-4-6-11(13)7-10/h4-7,9,14-15H,8H2,1-3H3. The molecule has 0 aromatic heterocycles. The van der Waals surface area contributed by atoms with Gasteiger partial charge in [-0.3, -0.25) is 0 Å². The molecule has 0 aliphatic rings. The molecular weight excluding hydrogens is 210 g/mol. The molecule has 0 amide bonds. The van der Waals surface area contributed by atoms with Crippen molar-refractivity contribution >= 4 is 11.6 Å². The lowest BCUT2D eigenvalue weighted by molar-refractivity contribution is 0.0437. The van der Waals surface area contributed by atoms with E-state index in [0.29, 0.717) is 6.54 Å². The zero-order chi connectivity index (χ0) is 11.5. The Balaban J connectivity index is 2.51. The van der Waals surface area contributed by atoms with Gasteiger partial charge < -0.3 is 10.4 Å². The predicted molar refractivity (Wildman–Crippen MR) is 64.1 cm³/mol. The van der Waals surface area contributed by atoms with E-state index in [0.717, 1.165) is 10.6 Å². The Morgan fingerprint density at radius 3 is 2.67 bits per heavy atom. The van der Waals surface area contributed by atoms with Crippen molar-refractivity contribution < 1.29 is 5.11 Å². The van der Waals surface area contributed by atoms with E-state index in [1.807, 2.05) is 31.2 Å². The quantitative estimate of drug-likeness (QED) is 0.829. The highest BCUT2D eigenvalue weighted by atomic mass is 35.5. The van der Waals surface area contributed by atoms with Crippen molar-refractivity contribution in [3.8, 4) is 0 Å². The third kappa shape index (κ3) is 4.20. The van der Waals surface area contributed by atoms with Crippen molar-refractivity contribution in [2.24, 2.45) is 0 Å². The first-order valence-electron chi connectivity index (χ1n) is 5.10. The van der Waals surface area contributed by atoms with Crippen LogP contribution in [0.2, 0.25) is 5.02 Å². The van der Waals surface area contributed by atoms with Gasteiger partial charge in [-0.15, -0.1) is 0 Å². The number of hydrogen-bond donors (Lipinski definition) is 2. The van der Waals surface area contributed by atoms with Gasteiger partial charge in [0.15, 0.2) is 0 Å². The van der Waals surface area contributed by atoms with Gasteiger partial charge in [0, 0.05) is 17.6 Å². The van der Waals surface area contributed by atoms with E-state index < -0.39 is 5.60 Å². The predicted octanol–water partition coefficient (Wildman–Crippen LogP) is 2.59. The van der Waals surface area contributed by atoms with Crippen molar-refractivity contribution in [2.75, 3.05) is 0 Å². The lowest BCUT2D eigenvalue weighted by Gasteiger charge is -2.26. The Labute approximate surface area is 96.3 Å². The van der Waals surface area contributed by atoms with E-state index in [1.165, 1.54) is 0 Å². The van der Waals surface area contributed by atoms with E-state index in [-0.39, 0.29) is 6.04 Å². The third-order valence-corrected chi connectivity index (χ3v) is 2.80. The van der Waals surface area contributed by atoms with Gasteiger partial charge in [-0.05, 0) is 38.5 Å². The van der Waals surface area contributed by atoms with Crippen LogP contribution < -0.4 is 5.32 Å². The van der Waals surface area contributed by atoms with Crippen LogP contribution in [0.1, 0.15) is 26.3 Å². The Kier molecular flexibility index (Phi) is 4.14. The van der Waals surface area contributed by atoms with Crippen LogP contribution in [0.5, 0.6) is 0 Å². The van der Waals surface area contributed by atoms with Crippen LogP contribution in [0.15, 0.2) is 24.3 Å². The van der Waals surface area contributed by atoms with Crippen LogP contribution in [0.25, 0.3) is 0 Å². The highest BCUT2D eigenvalue weighted by Crippen LogP contribution is 2.12. The molecule has 0 heterocycles. The second-order valence-electron chi connectivity index (χ2n) is 4.39. The first kappa shape index (κ1) is 12.5. The molecule has 2 nitrogen and oxygen atoms in total. The number of aliphatic hydroxyl groups is 1. The topological polar surface area (TPSA) is 32.3 Å². The fraction of sp³-hybridized carbons (Fsp3) is 0.500. The van der Waals surface area contributed by atoms with Crippen LogP contribution in [-0.4, -0.2) is 16.7 Å². The smallest absolute Gasteiger partial charge is 0.0741 e. The second-order valence-corrected chi connectivity index (χ2v) is 4.82. The minimum atomic E-state index is -0.710. The lowest BCUT2D eigenvalue weighted by Crippen LogP contribution is -2.44. The van der Waals surface area contributed by atoms with Crippen LogP contribution in [-0.2, 0) is 6.54 Å².